The molecule has 54 heavy (non-hydrogen) atoms. The number of hydrogen-bond acceptors (Lipinski definition) is 2. The quantitative estimate of drug-likeness (QED) is 0.165. The van der Waals surface area contributed by atoms with Crippen LogP contribution in [0.2, 0.25) is 0 Å². The molecule has 1 atom stereocenters. The molecule has 0 fully saturated rings. The molecule has 0 spiro atoms. The van der Waals surface area contributed by atoms with Gasteiger partial charge in [-0.15, -0.1) is 0 Å². The number of anilines is 2. The number of nitrogens with zero attached hydrogens (tertiary/aromatic N) is 1. The van der Waals surface area contributed by atoms with E-state index in [1.807, 2.05) is 0 Å². The first kappa shape index (κ1) is 32.0. The Kier molecular flexibility index (Phi) is 8.15. The van der Waals surface area contributed by atoms with Crippen molar-refractivity contribution in [2.24, 2.45) is 0 Å². The lowest BCUT2D eigenvalue weighted by Gasteiger charge is -2.29. The summed E-state index contributed by atoms with van der Waals surface area (Å²) in [5.41, 5.74) is 14.1. The van der Waals surface area contributed by atoms with Crippen LogP contribution in [0.15, 0.2) is 193 Å². The molecule has 1 aromatic heterocycles. The molecule has 0 aliphatic heterocycles. The van der Waals surface area contributed by atoms with Crippen molar-refractivity contribution >= 4 is 50.5 Å². The minimum absolute atomic E-state index is 0.418. The number of fused-ring (bicyclic) bond motifs is 5. The molecule has 8 aromatic rings. The van der Waals surface area contributed by atoms with Crippen molar-refractivity contribution in [3.8, 4) is 22.3 Å². The Morgan fingerprint density at radius 1 is 0.519 bits per heavy atom. The van der Waals surface area contributed by atoms with E-state index in [1.54, 1.807) is 0 Å². The molecule has 1 heterocycles. The summed E-state index contributed by atoms with van der Waals surface area (Å²) in [6.45, 7) is 0. The predicted octanol–water partition coefficient (Wildman–Crippen LogP) is 12.6. The zero-order chi connectivity index (χ0) is 35.8. The van der Waals surface area contributed by atoms with E-state index >= 15 is 0 Å². The van der Waals surface area contributed by atoms with E-state index in [2.05, 4.69) is 199 Å². The maximum atomic E-state index is 6.84. The van der Waals surface area contributed by atoms with Crippen molar-refractivity contribution in [3.05, 3.63) is 210 Å². The maximum absolute atomic E-state index is 6.84. The van der Waals surface area contributed by atoms with Crippen LogP contribution >= 0.6 is 0 Å². The van der Waals surface area contributed by atoms with Gasteiger partial charge in [0.05, 0.1) is 0 Å². The van der Waals surface area contributed by atoms with Gasteiger partial charge in [0.1, 0.15) is 11.0 Å². The van der Waals surface area contributed by atoms with Crippen molar-refractivity contribution in [1.82, 2.24) is 0 Å². The number of allylic oxidation sites excluding steroid dienone is 4. The standard InChI is InChI=1S/C52H39NO/c1-4-13-36(14-5-1)38-23-25-39(26-24-38)41-29-33-44(34-30-41)53(43-31-27-40(28-32-43)37-15-6-2-7-16-37)49-21-12-22-50-51(49)48-35-47(42-17-8-3-9-18-42)45-19-10-11-20-46(45)52(48)54-50/h1-11,13-20,22-23,25-35,38H,12,21,24H2. The van der Waals surface area contributed by atoms with Crippen LogP contribution in [0.4, 0.5) is 11.4 Å². The van der Waals surface area contributed by atoms with Gasteiger partial charge in [-0.05, 0) is 100 Å². The minimum Gasteiger partial charge on any atom is -0.456 e. The molecular formula is C52H39NO. The lowest BCUT2D eigenvalue weighted by Crippen LogP contribution is -2.33. The third-order valence-electron chi connectivity index (χ3n) is 11.1. The van der Waals surface area contributed by atoms with E-state index in [4.69, 9.17) is 4.42 Å². The normalized spacial score (nSPS) is 15.1. The summed E-state index contributed by atoms with van der Waals surface area (Å²) in [4.78, 5) is 2.47. The largest absolute Gasteiger partial charge is 0.456 e. The molecule has 0 saturated carbocycles. The fourth-order valence-corrected chi connectivity index (χ4v) is 8.40. The Hall–Kier alpha value is -6.64. The molecule has 2 aliphatic rings. The Morgan fingerprint density at radius 3 is 1.78 bits per heavy atom. The first-order chi connectivity index (χ1) is 26.8. The van der Waals surface area contributed by atoms with Crippen LogP contribution in [0, 0.1) is 0 Å². The van der Waals surface area contributed by atoms with E-state index in [1.165, 1.54) is 55.3 Å². The van der Waals surface area contributed by atoms with E-state index < -0.39 is 0 Å². The Labute approximate surface area is 316 Å². The van der Waals surface area contributed by atoms with Gasteiger partial charge in [-0.25, -0.2) is 0 Å². The monoisotopic (exact) mass is 693 g/mol. The van der Waals surface area contributed by atoms with Gasteiger partial charge in [-0.2, -0.15) is 0 Å². The Morgan fingerprint density at radius 2 is 1.11 bits per heavy atom. The third kappa shape index (κ3) is 5.77. The summed E-state index contributed by atoms with van der Waals surface area (Å²) < 4.78 is 6.84. The van der Waals surface area contributed by atoms with Gasteiger partial charge in [-0.1, -0.05) is 158 Å². The van der Waals surface area contributed by atoms with Crippen LogP contribution in [0.3, 0.4) is 0 Å². The van der Waals surface area contributed by atoms with Gasteiger partial charge in [0.15, 0.2) is 0 Å². The SMILES string of the molecule is C1=CC(c2ccccc2)CC=C1c1ccc(N(C2=c3c(oc4c3cc(-c3ccccc3)c3ccccc34)=CCC2)c2ccc(-c3ccccc3)cc2)cc1. The third-order valence-corrected chi connectivity index (χ3v) is 11.1. The van der Waals surface area contributed by atoms with E-state index in [9.17, 15) is 0 Å². The zero-order valence-electron chi connectivity index (χ0n) is 30.0. The van der Waals surface area contributed by atoms with Gasteiger partial charge in [0, 0.05) is 39.0 Å². The fourth-order valence-electron chi connectivity index (χ4n) is 8.40. The van der Waals surface area contributed by atoms with Crippen LogP contribution in [0.25, 0.3) is 61.3 Å². The molecule has 7 aromatic carbocycles. The van der Waals surface area contributed by atoms with Gasteiger partial charge in [-0.3, -0.25) is 0 Å². The number of furan rings is 1. The fraction of sp³-hybridized carbons (Fsp3) is 0.0769. The molecule has 0 saturated heterocycles. The molecule has 258 valence electrons. The summed E-state index contributed by atoms with van der Waals surface area (Å²) in [6, 6.07) is 61.3. The van der Waals surface area contributed by atoms with E-state index in [-0.39, 0.29) is 0 Å². The van der Waals surface area contributed by atoms with Crippen LogP contribution < -0.4 is 15.5 Å². The minimum atomic E-state index is 0.418. The molecule has 2 nitrogen and oxygen atoms in total. The van der Waals surface area contributed by atoms with E-state index in [0.29, 0.717) is 5.92 Å². The lowest BCUT2D eigenvalue weighted by atomic mass is 9.88. The van der Waals surface area contributed by atoms with Crippen LogP contribution in [-0.2, 0) is 0 Å². The van der Waals surface area contributed by atoms with Crippen molar-refractivity contribution in [2.45, 2.75) is 25.2 Å². The molecular weight excluding hydrogens is 655 g/mol. The van der Waals surface area contributed by atoms with Crippen LogP contribution in [0.5, 0.6) is 0 Å². The molecule has 0 N–H and O–H groups in total. The summed E-state index contributed by atoms with van der Waals surface area (Å²) in [7, 11) is 0. The molecule has 1 unspecified atom stereocenters. The summed E-state index contributed by atoms with van der Waals surface area (Å²) in [5.74, 6) is 0.418. The molecule has 0 amide bonds. The molecule has 0 radical (unpaired) electrons. The van der Waals surface area contributed by atoms with Crippen molar-refractivity contribution < 1.29 is 4.42 Å². The predicted molar refractivity (Wildman–Crippen MR) is 227 cm³/mol. The maximum Gasteiger partial charge on any atom is 0.143 e. The highest BCUT2D eigenvalue weighted by molar-refractivity contribution is 6.12. The lowest BCUT2D eigenvalue weighted by molar-refractivity contribution is 0.573. The molecule has 2 heteroatoms. The number of rotatable bonds is 7. The Balaban J connectivity index is 1.13. The average molecular weight is 694 g/mol. The highest BCUT2D eigenvalue weighted by Gasteiger charge is 2.23. The van der Waals surface area contributed by atoms with Crippen LogP contribution in [0.1, 0.15) is 36.3 Å². The first-order valence-electron chi connectivity index (χ1n) is 19.0. The van der Waals surface area contributed by atoms with Gasteiger partial charge in [0.25, 0.3) is 0 Å². The molecule has 2 aliphatic carbocycles. The number of benzene rings is 7. The first-order valence-corrected chi connectivity index (χ1v) is 19.0. The summed E-state index contributed by atoms with van der Waals surface area (Å²) >= 11 is 0. The second kappa shape index (κ2) is 13.7. The van der Waals surface area contributed by atoms with Gasteiger partial charge in [0.2, 0.25) is 0 Å². The summed E-state index contributed by atoms with van der Waals surface area (Å²) in [5, 5.41) is 4.68. The molecule has 0 bridgehead atoms. The van der Waals surface area contributed by atoms with E-state index in [0.717, 1.165) is 52.4 Å². The van der Waals surface area contributed by atoms with Gasteiger partial charge >= 0.3 is 0 Å². The Bertz CT molecular complexity index is 2810. The second-order valence-electron chi connectivity index (χ2n) is 14.3. The highest BCUT2D eigenvalue weighted by Crippen LogP contribution is 2.39. The smallest absolute Gasteiger partial charge is 0.143 e. The number of hydrogen-bond donors (Lipinski definition) is 0. The summed E-state index contributed by atoms with van der Waals surface area (Å²) in [6.07, 6.45) is 12.1. The zero-order valence-corrected chi connectivity index (χ0v) is 30.0. The average Bonchev–Trinajstić information content (AvgIpc) is 3.65. The van der Waals surface area contributed by atoms with Crippen molar-refractivity contribution in [1.29, 1.82) is 0 Å². The van der Waals surface area contributed by atoms with Gasteiger partial charge < -0.3 is 9.32 Å². The highest BCUT2D eigenvalue weighted by atomic mass is 16.3. The van der Waals surface area contributed by atoms with Crippen LogP contribution in [-0.4, -0.2) is 0 Å². The second-order valence-corrected chi connectivity index (χ2v) is 14.3. The van der Waals surface area contributed by atoms with Crippen molar-refractivity contribution in [2.75, 3.05) is 4.90 Å². The van der Waals surface area contributed by atoms with Crippen molar-refractivity contribution in [3.63, 3.8) is 0 Å². The molecule has 10 rings (SSSR count). The topological polar surface area (TPSA) is 16.4 Å².